The molecule has 144 heavy (non-hydrogen) atoms. The highest BCUT2D eigenvalue weighted by Gasteiger charge is 2.32. The van der Waals surface area contributed by atoms with Gasteiger partial charge in [0.1, 0.15) is 11.2 Å². The van der Waals surface area contributed by atoms with Crippen molar-refractivity contribution in [1.82, 2.24) is 67.3 Å². The van der Waals surface area contributed by atoms with Gasteiger partial charge >= 0.3 is 0 Å². The smallest absolute Gasteiger partial charge is 0.235 e. The maximum absolute atomic E-state index is 5.42. The molecule has 0 fully saturated rings. The van der Waals surface area contributed by atoms with Gasteiger partial charge in [-0.05, 0) is 114 Å². The Balaban J connectivity index is 0.000000103. The van der Waals surface area contributed by atoms with Crippen LogP contribution in [0.5, 0.6) is 0 Å². The Morgan fingerprint density at radius 3 is 0.819 bits per heavy atom. The Hall–Kier alpha value is -19.7. The maximum Gasteiger partial charge on any atom is 0.235 e. The molecule has 0 N–H and O–H groups in total. The van der Waals surface area contributed by atoms with Crippen molar-refractivity contribution in [2.45, 2.75) is 0 Å². The summed E-state index contributed by atoms with van der Waals surface area (Å²) >= 11 is 0. The molecule has 0 bridgehead atoms. The second-order valence-corrected chi connectivity index (χ2v) is 36.7. The molecular formula is C130H80N14. The fraction of sp³-hybridized carbons (Fsp3) is 0. The number of pyridine rings is 2. The van der Waals surface area contributed by atoms with E-state index in [1.54, 1.807) is 6.20 Å². The molecule has 0 aliphatic carbocycles. The van der Waals surface area contributed by atoms with E-state index in [0.717, 1.165) is 133 Å². The van der Waals surface area contributed by atoms with Crippen LogP contribution in [0.1, 0.15) is 0 Å². The van der Waals surface area contributed by atoms with Crippen molar-refractivity contribution in [3.05, 3.63) is 486 Å². The van der Waals surface area contributed by atoms with Gasteiger partial charge in [-0.1, -0.05) is 364 Å². The summed E-state index contributed by atoms with van der Waals surface area (Å²) in [5.74, 6) is 1.92. The van der Waals surface area contributed by atoms with E-state index in [1.165, 1.54) is 125 Å². The Morgan fingerprint density at radius 1 is 0.160 bits per heavy atom. The highest BCUT2D eigenvalue weighted by Crippen LogP contribution is 2.53. The van der Waals surface area contributed by atoms with Crippen molar-refractivity contribution in [2.75, 3.05) is 0 Å². The van der Waals surface area contributed by atoms with Gasteiger partial charge in [-0.3, -0.25) is 23.7 Å². The number of nitrogens with zero attached hydrogens (tertiary/aromatic N) is 14. The number of benzene rings is 20. The van der Waals surface area contributed by atoms with Crippen LogP contribution in [-0.4, -0.2) is 67.3 Å². The fourth-order valence-electron chi connectivity index (χ4n) is 22.9. The molecule has 0 unspecified atom stereocenters. The predicted octanol–water partition coefficient (Wildman–Crippen LogP) is 32.4. The molecule has 0 saturated heterocycles. The topological polar surface area (TPSA) is 133 Å². The largest absolute Gasteiger partial charge is 0.309 e. The van der Waals surface area contributed by atoms with Crippen LogP contribution in [0.15, 0.2) is 486 Å². The average Bonchev–Trinajstić information content (AvgIpc) is 1.53. The molecule has 0 aliphatic rings. The number of hydrogen-bond acceptors (Lipinski definition) is 8. The van der Waals surface area contributed by atoms with Crippen LogP contribution in [0.25, 0.3) is 276 Å². The highest BCUT2D eigenvalue weighted by atomic mass is 15.2. The molecule has 11 heterocycles. The van der Waals surface area contributed by atoms with E-state index in [0.29, 0.717) is 17.8 Å². The highest BCUT2D eigenvalue weighted by molar-refractivity contribution is 6.41. The monoisotopic (exact) mass is 1840 g/mol. The van der Waals surface area contributed by atoms with Gasteiger partial charge in [-0.2, -0.15) is 0 Å². The van der Waals surface area contributed by atoms with Crippen LogP contribution in [0, 0.1) is 0 Å². The van der Waals surface area contributed by atoms with Gasteiger partial charge in [-0.25, -0.2) is 29.9 Å². The van der Waals surface area contributed by atoms with Gasteiger partial charge in [0.25, 0.3) is 0 Å². The predicted molar refractivity (Wildman–Crippen MR) is 595 cm³/mol. The zero-order valence-corrected chi connectivity index (χ0v) is 77.4. The molecule has 0 aliphatic heterocycles. The zero-order valence-electron chi connectivity index (χ0n) is 77.4. The number of para-hydroxylation sites is 9. The molecule has 20 aromatic carbocycles. The van der Waals surface area contributed by atoms with Crippen LogP contribution in [0.4, 0.5) is 0 Å². The number of hydrogen-bond donors (Lipinski definition) is 0. The first-order valence-electron chi connectivity index (χ1n) is 48.6. The third-order valence-corrected chi connectivity index (χ3v) is 28.8. The molecule has 31 rings (SSSR count). The first-order valence-corrected chi connectivity index (χ1v) is 48.6. The summed E-state index contributed by atoms with van der Waals surface area (Å²) in [5, 5.41) is 23.4. The number of fused-ring (bicyclic) bond motifs is 33. The van der Waals surface area contributed by atoms with Crippen molar-refractivity contribution in [2.24, 2.45) is 0 Å². The molecule has 0 amide bonds. The summed E-state index contributed by atoms with van der Waals surface area (Å²) in [5.41, 5.74) is 28.5. The molecule has 14 heteroatoms. The summed E-state index contributed by atoms with van der Waals surface area (Å²) in [6, 6.07) is 165. The standard InChI is InChI=1S/C48H30N4.2C41H25N5/c1-4-16-31(17-5-1)33-28-29-42-39(30-33)44-43-38-25-13-15-27-41(38)52(48-49-40-26-14-12-24-37(40)45(50-48)32-18-6-2-7-19-32)47(43)36-23-11-10-22-35(36)46(44)51(42)34-20-8-3-9-21-34;1-3-14-26(15-4-1)37-38-32(22-13-25-42-38)43-41(44-37)46-34-24-12-10-21-31(34)36-35-30-20-9-11-23-33(30)45(27-16-5-2-6-17-27)39(35)28-18-7-8-19-29(28)40(36)46;1-3-13-26(14-4-1)38-32-25-42-24-23-33(32)43-41(44-38)46-35-22-12-10-20-31(35)37-36-30-19-9-11-21-34(30)45(27-15-5-2-6-16-27)39(36)28-17-7-8-18-29(28)40(37)46/h1-30H;2*1-25H. The Kier molecular flexibility index (Phi) is 18.7. The van der Waals surface area contributed by atoms with Gasteiger partial charge in [0.2, 0.25) is 17.8 Å². The van der Waals surface area contributed by atoms with Crippen molar-refractivity contribution >= 4 is 196 Å². The Morgan fingerprint density at radius 2 is 0.431 bits per heavy atom. The van der Waals surface area contributed by atoms with Crippen LogP contribution in [0.3, 0.4) is 0 Å². The molecule has 14 nitrogen and oxygen atoms in total. The molecular weight excluding hydrogens is 1760 g/mol. The van der Waals surface area contributed by atoms with E-state index < -0.39 is 0 Å². The van der Waals surface area contributed by atoms with E-state index in [4.69, 9.17) is 34.9 Å². The first kappa shape index (κ1) is 81.5. The summed E-state index contributed by atoms with van der Waals surface area (Å²) in [6.45, 7) is 0. The molecule has 0 atom stereocenters. The third kappa shape index (κ3) is 12.6. The normalized spacial score (nSPS) is 11.9. The van der Waals surface area contributed by atoms with Gasteiger partial charge in [0.15, 0.2) is 0 Å². The Labute approximate surface area is 823 Å². The minimum Gasteiger partial charge on any atom is -0.309 e. The Bertz CT molecular complexity index is 10300. The van der Waals surface area contributed by atoms with Crippen molar-refractivity contribution in [1.29, 1.82) is 0 Å². The zero-order chi connectivity index (χ0) is 94.6. The van der Waals surface area contributed by atoms with Crippen LogP contribution in [-0.2, 0) is 0 Å². The average molecular weight is 1840 g/mol. The summed E-state index contributed by atoms with van der Waals surface area (Å²) in [4.78, 5) is 40.9. The van der Waals surface area contributed by atoms with E-state index in [1.807, 2.05) is 73.1 Å². The molecule has 670 valence electrons. The molecule has 0 saturated carbocycles. The molecule has 11 aromatic heterocycles. The lowest BCUT2D eigenvalue weighted by atomic mass is 9.97. The lowest BCUT2D eigenvalue weighted by Gasteiger charge is -2.14. The van der Waals surface area contributed by atoms with E-state index in [9.17, 15) is 0 Å². The van der Waals surface area contributed by atoms with Crippen LogP contribution < -0.4 is 0 Å². The second-order valence-electron chi connectivity index (χ2n) is 36.7. The molecule has 0 radical (unpaired) electrons. The minimum absolute atomic E-state index is 0.627. The van der Waals surface area contributed by atoms with Crippen LogP contribution >= 0.6 is 0 Å². The number of aromatic nitrogens is 14. The van der Waals surface area contributed by atoms with Gasteiger partial charge in [0.05, 0.1) is 94.1 Å². The van der Waals surface area contributed by atoms with Crippen molar-refractivity contribution < 1.29 is 0 Å². The van der Waals surface area contributed by atoms with Crippen LogP contribution in [0.2, 0.25) is 0 Å². The fourth-order valence-corrected chi connectivity index (χ4v) is 22.9. The van der Waals surface area contributed by atoms with Gasteiger partial charge in [-0.15, -0.1) is 0 Å². The molecule has 31 aromatic rings. The summed E-state index contributed by atoms with van der Waals surface area (Å²) in [6.07, 6.45) is 5.48. The summed E-state index contributed by atoms with van der Waals surface area (Å²) < 4.78 is 14.1. The lowest BCUT2D eigenvalue weighted by Crippen LogP contribution is -2.04. The maximum atomic E-state index is 5.42. The lowest BCUT2D eigenvalue weighted by molar-refractivity contribution is 1.01. The van der Waals surface area contributed by atoms with Gasteiger partial charge < -0.3 is 13.7 Å². The van der Waals surface area contributed by atoms with Crippen molar-refractivity contribution in [3.63, 3.8) is 0 Å². The summed E-state index contributed by atoms with van der Waals surface area (Å²) in [7, 11) is 0. The minimum atomic E-state index is 0.627. The third-order valence-electron chi connectivity index (χ3n) is 28.8. The number of rotatable bonds is 10. The SMILES string of the molecule is c1ccc(-c2ccc3c(c2)c2c4c5ccccc5n(-c5nc(-c6ccccc6)c6ccccc6n5)c4c4ccccc4c2n3-c2ccccc2)cc1.c1ccc(-c2nc(-n3c4ccccc4c4c5c6ccccc6n(-c6ccccc6)c5c5ccccc5c43)nc3cccnc23)cc1.c1ccc(-c2nc(-n3c4ccccc4c4c5c6ccccc6n(-c6ccccc6)c5c5ccccc5c43)nc3ccncc23)cc1. The van der Waals surface area contributed by atoms with E-state index in [-0.39, 0.29) is 0 Å². The molecule has 0 spiro atoms. The van der Waals surface area contributed by atoms with Crippen molar-refractivity contribution in [3.8, 4) is 79.8 Å². The quantitative estimate of drug-likeness (QED) is 0.132. The first-order chi connectivity index (χ1) is 71.6. The second kappa shape index (κ2) is 33.0. The van der Waals surface area contributed by atoms with E-state index >= 15 is 0 Å². The van der Waals surface area contributed by atoms with E-state index in [2.05, 4.69) is 439 Å². The van der Waals surface area contributed by atoms with Gasteiger partial charge in [0, 0.05) is 160 Å².